The maximum atomic E-state index is 12.5. The lowest BCUT2D eigenvalue weighted by atomic mass is 10.1. The molecular weight excluding hydrogens is 350 g/mol. The maximum absolute atomic E-state index is 12.5. The lowest BCUT2D eigenvalue weighted by molar-refractivity contribution is 0.0602. The molecule has 26 heavy (non-hydrogen) atoms. The number of hydrogen-bond acceptors (Lipinski definition) is 5. The molecule has 6 heteroatoms. The van der Waals surface area contributed by atoms with Gasteiger partial charge in [-0.3, -0.25) is 4.79 Å². The van der Waals surface area contributed by atoms with Gasteiger partial charge < -0.3 is 14.8 Å². The van der Waals surface area contributed by atoms with Crippen molar-refractivity contribution in [2.45, 2.75) is 0 Å². The van der Waals surface area contributed by atoms with Gasteiger partial charge in [0.25, 0.3) is 5.91 Å². The number of amides is 1. The van der Waals surface area contributed by atoms with Crippen LogP contribution in [0.5, 0.6) is 5.75 Å². The van der Waals surface area contributed by atoms with Crippen LogP contribution in [0.4, 0.5) is 5.69 Å². The van der Waals surface area contributed by atoms with Gasteiger partial charge in [-0.2, -0.15) is 0 Å². The number of para-hydroxylation sites is 1. The molecule has 0 saturated carbocycles. The Morgan fingerprint density at radius 3 is 2.38 bits per heavy atom. The molecule has 3 aromatic rings. The van der Waals surface area contributed by atoms with E-state index in [-0.39, 0.29) is 5.91 Å². The predicted molar refractivity (Wildman–Crippen MR) is 102 cm³/mol. The molecule has 0 unspecified atom stereocenters. The molecule has 0 atom stereocenters. The van der Waals surface area contributed by atoms with E-state index in [1.807, 2.05) is 35.7 Å². The van der Waals surface area contributed by atoms with Crippen molar-refractivity contribution >= 4 is 28.9 Å². The molecule has 0 radical (unpaired) electrons. The van der Waals surface area contributed by atoms with Crippen molar-refractivity contribution in [3.8, 4) is 16.9 Å². The molecule has 0 spiro atoms. The predicted octanol–water partition coefficient (Wildman–Crippen LogP) is 4.46. The Morgan fingerprint density at radius 1 is 0.962 bits per heavy atom. The lowest BCUT2D eigenvalue weighted by Gasteiger charge is -2.08. The van der Waals surface area contributed by atoms with Crippen LogP contribution in [0.3, 0.4) is 0 Å². The summed E-state index contributed by atoms with van der Waals surface area (Å²) in [5, 5.41) is 4.70. The van der Waals surface area contributed by atoms with E-state index in [1.54, 1.807) is 31.4 Å². The largest absolute Gasteiger partial charge is 0.497 e. The minimum absolute atomic E-state index is 0.272. The molecule has 1 amide bonds. The number of ether oxygens (including phenoxy) is 2. The molecule has 0 aliphatic carbocycles. The van der Waals surface area contributed by atoms with Crippen molar-refractivity contribution in [3.63, 3.8) is 0 Å². The summed E-state index contributed by atoms with van der Waals surface area (Å²) in [6, 6.07) is 16.2. The minimum atomic E-state index is -0.494. The molecule has 0 aliphatic heterocycles. The van der Waals surface area contributed by atoms with Crippen LogP contribution < -0.4 is 10.1 Å². The zero-order valence-corrected chi connectivity index (χ0v) is 15.1. The van der Waals surface area contributed by atoms with E-state index in [1.165, 1.54) is 18.4 Å². The summed E-state index contributed by atoms with van der Waals surface area (Å²) in [6.07, 6.45) is 0. The zero-order chi connectivity index (χ0) is 18.5. The Hall–Kier alpha value is -3.12. The summed E-state index contributed by atoms with van der Waals surface area (Å²) >= 11 is 1.34. The highest BCUT2D eigenvalue weighted by Gasteiger charge is 2.16. The average Bonchev–Trinajstić information content (AvgIpc) is 3.18. The SMILES string of the molecule is COC(=O)c1ccccc1NC(=O)c1cc(-c2ccc(OC)cc2)cs1. The second-order valence-corrected chi connectivity index (χ2v) is 6.33. The number of esters is 1. The van der Waals surface area contributed by atoms with Gasteiger partial charge >= 0.3 is 5.97 Å². The monoisotopic (exact) mass is 367 g/mol. The smallest absolute Gasteiger partial charge is 0.339 e. The van der Waals surface area contributed by atoms with E-state index in [2.05, 4.69) is 5.32 Å². The fourth-order valence-corrected chi connectivity index (χ4v) is 3.27. The van der Waals surface area contributed by atoms with Crippen molar-refractivity contribution in [1.29, 1.82) is 0 Å². The minimum Gasteiger partial charge on any atom is -0.497 e. The van der Waals surface area contributed by atoms with Crippen LogP contribution in [0.15, 0.2) is 60.0 Å². The highest BCUT2D eigenvalue weighted by molar-refractivity contribution is 7.12. The van der Waals surface area contributed by atoms with Gasteiger partial charge in [0.1, 0.15) is 5.75 Å². The van der Waals surface area contributed by atoms with Crippen LogP contribution in [0.25, 0.3) is 11.1 Å². The molecule has 0 aliphatic rings. The molecule has 0 saturated heterocycles. The van der Waals surface area contributed by atoms with E-state index in [4.69, 9.17) is 9.47 Å². The van der Waals surface area contributed by atoms with Crippen LogP contribution in [0, 0.1) is 0 Å². The average molecular weight is 367 g/mol. The number of hydrogen-bond donors (Lipinski definition) is 1. The zero-order valence-electron chi connectivity index (χ0n) is 14.3. The van der Waals surface area contributed by atoms with Crippen molar-refractivity contribution in [3.05, 3.63) is 70.4 Å². The third-order valence-corrected chi connectivity index (χ3v) is 4.76. The molecular formula is C20H17NO4S. The number of methoxy groups -OCH3 is 2. The maximum Gasteiger partial charge on any atom is 0.339 e. The molecule has 5 nitrogen and oxygen atoms in total. The van der Waals surface area contributed by atoms with Crippen molar-refractivity contribution in [2.75, 3.05) is 19.5 Å². The summed E-state index contributed by atoms with van der Waals surface area (Å²) in [5.41, 5.74) is 2.68. The fourth-order valence-electron chi connectivity index (χ4n) is 2.45. The van der Waals surface area contributed by atoms with Crippen LogP contribution >= 0.6 is 11.3 Å². The summed E-state index contributed by atoms with van der Waals surface area (Å²) in [5.74, 6) is 0.0125. The molecule has 132 valence electrons. The van der Waals surface area contributed by atoms with Gasteiger partial charge in [0.05, 0.1) is 30.3 Å². The fraction of sp³-hybridized carbons (Fsp3) is 0.100. The normalized spacial score (nSPS) is 10.2. The Labute approximate surface area is 155 Å². The second kappa shape index (κ2) is 7.84. The van der Waals surface area contributed by atoms with Crippen LogP contribution in [-0.4, -0.2) is 26.1 Å². The highest BCUT2D eigenvalue weighted by Crippen LogP contribution is 2.28. The van der Waals surface area contributed by atoms with Crippen molar-refractivity contribution in [2.24, 2.45) is 0 Å². The quantitative estimate of drug-likeness (QED) is 0.676. The Morgan fingerprint density at radius 2 is 1.69 bits per heavy atom. The Balaban J connectivity index is 1.79. The summed E-state index contributed by atoms with van der Waals surface area (Å²) in [6.45, 7) is 0. The standard InChI is InChI=1S/C20H17NO4S/c1-24-15-9-7-13(8-10-15)14-11-18(26-12-14)19(22)21-17-6-4-3-5-16(17)20(23)25-2/h3-12H,1-2H3,(H,21,22). The third-order valence-electron chi connectivity index (χ3n) is 3.83. The summed E-state index contributed by atoms with van der Waals surface area (Å²) in [7, 11) is 2.93. The van der Waals surface area contributed by atoms with Crippen molar-refractivity contribution in [1.82, 2.24) is 0 Å². The van der Waals surface area contributed by atoms with Crippen molar-refractivity contribution < 1.29 is 19.1 Å². The molecule has 1 heterocycles. The first kappa shape index (κ1) is 17.7. The van der Waals surface area contributed by atoms with Gasteiger partial charge in [-0.05, 0) is 46.8 Å². The summed E-state index contributed by atoms with van der Waals surface area (Å²) in [4.78, 5) is 24.9. The Bertz CT molecular complexity index is 931. The van der Waals surface area contributed by atoms with E-state index >= 15 is 0 Å². The highest BCUT2D eigenvalue weighted by atomic mass is 32.1. The third kappa shape index (κ3) is 3.75. The van der Waals surface area contributed by atoms with Crippen LogP contribution in [0.1, 0.15) is 20.0 Å². The van der Waals surface area contributed by atoms with Gasteiger partial charge in [0.15, 0.2) is 0 Å². The first-order valence-corrected chi connectivity index (χ1v) is 8.72. The molecule has 0 fully saturated rings. The van der Waals surface area contributed by atoms with E-state index < -0.39 is 5.97 Å². The Kier molecular flexibility index (Phi) is 5.34. The van der Waals surface area contributed by atoms with Gasteiger partial charge in [0.2, 0.25) is 0 Å². The summed E-state index contributed by atoms with van der Waals surface area (Å²) < 4.78 is 9.90. The van der Waals surface area contributed by atoms with Gasteiger partial charge in [-0.15, -0.1) is 11.3 Å². The van der Waals surface area contributed by atoms with Crippen LogP contribution in [0.2, 0.25) is 0 Å². The first-order chi connectivity index (χ1) is 12.6. The lowest BCUT2D eigenvalue weighted by Crippen LogP contribution is -2.14. The second-order valence-electron chi connectivity index (χ2n) is 5.42. The number of anilines is 1. The number of carbonyl (C=O) groups excluding carboxylic acids is 2. The first-order valence-electron chi connectivity index (χ1n) is 7.84. The molecule has 1 N–H and O–H groups in total. The van der Waals surface area contributed by atoms with E-state index in [0.29, 0.717) is 16.1 Å². The van der Waals surface area contributed by atoms with E-state index in [9.17, 15) is 9.59 Å². The van der Waals surface area contributed by atoms with Crippen LogP contribution in [-0.2, 0) is 4.74 Å². The number of thiophene rings is 1. The molecule has 2 aromatic carbocycles. The number of nitrogens with one attached hydrogen (secondary N) is 1. The van der Waals surface area contributed by atoms with Gasteiger partial charge in [0, 0.05) is 0 Å². The molecule has 0 bridgehead atoms. The van der Waals surface area contributed by atoms with E-state index in [0.717, 1.165) is 16.9 Å². The molecule has 3 rings (SSSR count). The van der Waals surface area contributed by atoms with Gasteiger partial charge in [-0.1, -0.05) is 24.3 Å². The van der Waals surface area contributed by atoms with Gasteiger partial charge in [-0.25, -0.2) is 4.79 Å². The number of carbonyl (C=O) groups is 2. The molecule has 1 aromatic heterocycles. The topological polar surface area (TPSA) is 64.6 Å². The number of rotatable bonds is 5. The number of benzene rings is 2.